The van der Waals surface area contributed by atoms with Crippen molar-refractivity contribution in [2.45, 2.75) is 271 Å². The standard InChI is InChI=1S/C49H103NO3SSi/c1-5-9-13-17-21-25-27-31-35-39-45-51-55(49-41-48-54,52-46-40-36-32-28-26-22-18-14-10-6-2)53-47-44-50(42-37-33-29-23-19-15-11-7-3)43-38-34-30-24-20-16-12-8-4/h54H,5-49H2,1-4H3. The third-order valence-electron chi connectivity index (χ3n) is 11.7. The molecule has 0 spiro atoms. The van der Waals surface area contributed by atoms with E-state index in [0.717, 1.165) is 57.4 Å². The highest BCUT2D eigenvalue weighted by molar-refractivity contribution is 7.80. The molecule has 0 atom stereocenters. The Hall–Kier alpha value is 0.407. The molecule has 0 saturated heterocycles. The maximum atomic E-state index is 6.93. The van der Waals surface area contributed by atoms with Crippen molar-refractivity contribution in [1.29, 1.82) is 0 Å². The van der Waals surface area contributed by atoms with Crippen LogP contribution in [0, 0.1) is 0 Å². The minimum Gasteiger partial charge on any atom is -0.373 e. The van der Waals surface area contributed by atoms with Gasteiger partial charge in [0.25, 0.3) is 0 Å². The van der Waals surface area contributed by atoms with E-state index >= 15 is 0 Å². The Kier molecular flexibility index (Phi) is 47.4. The van der Waals surface area contributed by atoms with Crippen molar-refractivity contribution >= 4 is 21.4 Å². The number of unbranched alkanes of at least 4 members (excludes halogenated alkanes) is 32. The van der Waals surface area contributed by atoms with Gasteiger partial charge >= 0.3 is 8.80 Å². The van der Waals surface area contributed by atoms with Crippen LogP contribution in [0.25, 0.3) is 0 Å². The van der Waals surface area contributed by atoms with Gasteiger partial charge in [-0.25, -0.2) is 0 Å². The number of hydrogen-bond acceptors (Lipinski definition) is 5. The molecule has 0 rings (SSSR count). The highest BCUT2D eigenvalue weighted by Crippen LogP contribution is 2.22. The second kappa shape index (κ2) is 47.1. The summed E-state index contributed by atoms with van der Waals surface area (Å²) < 4.78 is 20.6. The predicted octanol–water partition coefficient (Wildman–Crippen LogP) is 16.7. The largest absolute Gasteiger partial charge is 0.501 e. The van der Waals surface area contributed by atoms with Gasteiger partial charge in [0.05, 0.1) is 6.61 Å². The Morgan fingerprint density at radius 2 is 0.582 bits per heavy atom. The fourth-order valence-electron chi connectivity index (χ4n) is 7.88. The highest BCUT2D eigenvalue weighted by atomic mass is 32.1. The van der Waals surface area contributed by atoms with Crippen molar-refractivity contribution in [2.24, 2.45) is 0 Å². The Bertz CT molecular complexity index is 655. The molecule has 0 amide bonds. The molecule has 0 aliphatic carbocycles. The SMILES string of the molecule is CCCCCCCCCCCCO[Si](CCCS)(OCCCCCCCCCCCC)OCCN(CCCCCCCCCC)CCCCCCCCCC. The maximum absolute atomic E-state index is 6.93. The lowest BCUT2D eigenvalue weighted by molar-refractivity contribution is 0.0485. The molecule has 0 unspecified atom stereocenters. The minimum atomic E-state index is -2.77. The van der Waals surface area contributed by atoms with Crippen LogP contribution in [0.15, 0.2) is 0 Å². The van der Waals surface area contributed by atoms with Crippen molar-refractivity contribution in [2.75, 3.05) is 45.2 Å². The molecule has 0 fully saturated rings. The van der Waals surface area contributed by atoms with Crippen LogP contribution in [-0.2, 0) is 13.3 Å². The van der Waals surface area contributed by atoms with Gasteiger partial charge < -0.3 is 18.2 Å². The number of hydrogen-bond donors (Lipinski definition) is 1. The zero-order valence-corrected chi connectivity index (χ0v) is 40.3. The van der Waals surface area contributed by atoms with Crippen LogP contribution >= 0.6 is 12.6 Å². The average molecular weight is 815 g/mol. The molecule has 0 aromatic heterocycles. The zero-order chi connectivity index (χ0) is 40.0. The van der Waals surface area contributed by atoms with Crippen LogP contribution in [0.1, 0.15) is 265 Å². The van der Waals surface area contributed by atoms with E-state index in [1.54, 1.807) is 0 Å². The summed E-state index contributed by atoms with van der Waals surface area (Å²) >= 11 is 4.63. The summed E-state index contributed by atoms with van der Waals surface area (Å²) in [5.41, 5.74) is 0. The summed E-state index contributed by atoms with van der Waals surface area (Å²) in [5, 5.41) is 0. The molecule has 6 heteroatoms. The van der Waals surface area contributed by atoms with Crippen LogP contribution in [-0.4, -0.2) is 58.9 Å². The van der Waals surface area contributed by atoms with E-state index in [1.165, 1.54) is 231 Å². The normalized spacial score (nSPS) is 12.1. The van der Waals surface area contributed by atoms with Crippen molar-refractivity contribution in [3.05, 3.63) is 0 Å². The molecular weight excluding hydrogens is 711 g/mol. The lowest BCUT2D eigenvalue weighted by atomic mass is 10.1. The van der Waals surface area contributed by atoms with Gasteiger partial charge in [-0.3, -0.25) is 0 Å². The predicted molar refractivity (Wildman–Crippen MR) is 252 cm³/mol. The van der Waals surface area contributed by atoms with Gasteiger partial charge in [0.2, 0.25) is 0 Å². The molecule has 4 nitrogen and oxygen atoms in total. The van der Waals surface area contributed by atoms with E-state index < -0.39 is 8.80 Å². The first-order chi connectivity index (χ1) is 27.2. The topological polar surface area (TPSA) is 30.9 Å². The first-order valence-corrected chi connectivity index (χ1v) is 28.0. The number of nitrogens with zero attached hydrogens (tertiary/aromatic N) is 1. The molecular formula is C49H103NO3SSi. The van der Waals surface area contributed by atoms with E-state index in [9.17, 15) is 0 Å². The number of thiol groups is 1. The highest BCUT2D eigenvalue weighted by Gasteiger charge is 2.40. The molecule has 0 aliphatic heterocycles. The number of rotatable bonds is 49. The second-order valence-corrected chi connectivity index (χ2v) is 20.4. The fraction of sp³-hybridized carbons (Fsp3) is 1.00. The van der Waals surface area contributed by atoms with E-state index in [1.807, 2.05) is 0 Å². The van der Waals surface area contributed by atoms with Crippen LogP contribution in [0.4, 0.5) is 0 Å². The Labute approximate surface area is 354 Å². The molecule has 0 radical (unpaired) electrons. The second-order valence-electron chi connectivity index (χ2n) is 17.2. The van der Waals surface area contributed by atoms with Gasteiger partial charge in [0.1, 0.15) is 0 Å². The molecule has 0 N–H and O–H groups in total. The van der Waals surface area contributed by atoms with Gasteiger partial charge in [-0.2, -0.15) is 12.6 Å². The Morgan fingerprint density at radius 3 is 0.891 bits per heavy atom. The van der Waals surface area contributed by atoms with Crippen molar-refractivity contribution in [3.63, 3.8) is 0 Å². The quantitative estimate of drug-likeness (QED) is 0.0377. The summed E-state index contributed by atoms with van der Waals surface area (Å²) in [6, 6.07) is 0.905. The van der Waals surface area contributed by atoms with E-state index in [2.05, 4.69) is 45.2 Å². The monoisotopic (exact) mass is 814 g/mol. The molecule has 55 heavy (non-hydrogen) atoms. The van der Waals surface area contributed by atoms with Gasteiger partial charge in [0.15, 0.2) is 0 Å². The molecule has 0 bridgehead atoms. The third-order valence-corrected chi connectivity index (χ3v) is 14.9. The summed E-state index contributed by atoms with van der Waals surface area (Å²) in [4.78, 5) is 2.72. The van der Waals surface area contributed by atoms with Crippen LogP contribution < -0.4 is 0 Å². The maximum Gasteiger partial charge on any atom is 0.501 e. The molecule has 0 heterocycles. The zero-order valence-electron chi connectivity index (χ0n) is 38.4. The van der Waals surface area contributed by atoms with Crippen LogP contribution in [0.3, 0.4) is 0 Å². The average Bonchev–Trinajstić information content (AvgIpc) is 3.19. The van der Waals surface area contributed by atoms with Gasteiger partial charge in [-0.1, -0.05) is 233 Å². The van der Waals surface area contributed by atoms with Crippen molar-refractivity contribution < 1.29 is 13.3 Å². The minimum absolute atomic E-state index is 0.739. The van der Waals surface area contributed by atoms with E-state index in [0.29, 0.717) is 0 Å². The summed E-state index contributed by atoms with van der Waals surface area (Å²) in [7, 11) is -2.77. The molecule has 332 valence electrons. The van der Waals surface area contributed by atoms with Gasteiger partial charge in [-0.05, 0) is 50.9 Å². The van der Waals surface area contributed by atoms with Gasteiger partial charge in [-0.15, -0.1) is 0 Å². The van der Waals surface area contributed by atoms with E-state index in [4.69, 9.17) is 13.3 Å². The molecule has 0 aromatic rings. The van der Waals surface area contributed by atoms with E-state index in [-0.39, 0.29) is 0 Å². The fourth-order valence-corrected chi connectivity index (χ4v) is 10.9. The molecule has 0 aliphatic rings. The van der Waals surface area contributed by atoms with Crippen molar-refractivity contribution in [3.8, 4) is 0 Å². The molecule has 0 aromatic carbocycles. The Balaban J connectivity index is 5.11. The first-order valence-electron chi connectivity index (χ1n) is 25.4. The molecule has 0 saturated carbocycles. The lowest BCUT2D eigenvalue weighted by Crippen LogP contribution is -2.48. The summed E-state index contributed by atoms with van der Waals surface area (Å²) in [6.07, 6.45) is 50.0. The lowest BCUT2D eigenvalue weighted by Gasteiger charge is -2.31. The Morgan fingerprint density at radius 1 is 0.309 bits per heavy atom. The van der Waals surface area contributed by atoms with Crippen LogP contribution in [0.5, 0.6) is 0 Å². The first kappa shape index (κ1) is 55.4. The van der Waals surface area contributed by atoms with Crippen LogP contribution in [0.2, 0.25) is 6.04 Å². The third kappa shape index (κ3) is 41.0. The summed E-state index contributed by atoms with van der Waals surface area (Å²) in [6.45, 7) is 15.0. The van der Waals surface area contributed by atoms with Gasteiger partial charge in [0, 0.05) is 25.8 Å². The van der Waals surface area contributed by atoms with Crippen molar-refractivity contribution in [1.82, 2.24) is 4.90 Å². The summed E-state index contributed by atoms with van der Waals surface area (Å²) in [5.74, 6) is 0.865. The smallest absolute Gasteiger partial charge is 0.373 e.